The van der Waals surface area contributed by atoms with E-state index in [4.69, 9.17) is 0 Å². The summed E-state index contributed by atoms with van der Waals surface area (Å²) in [5.41, 5.74) is 3.52. The van der Waals surface area contributed by atoms with Gasteiger partial charge in [0.25, 0.3) is 5.91 Å². The summed E-state index contributed by atoms with van der Waals surface area (Å²) in [7, 11) is 0. The second-order valence-electron chi connectivity index (χ2n) is 5.81. The number of carbonyl (C=O) groups excluding carboxylic acids is 1. The molecule has 0 saturated carbocycles. The molecule has 2 atom stereocenters. The van der Waals surface area contributed by atoms with E-state index in [9.17, 15) is 4.79 Å². The zero-order valence-electron chi connectivity index (χ0n) is 12.0. The van der Waals surface area contributed by atoms with Gasteiger partial charge in [0, 0.05) is 23.7 Å². The largest absolute Gasteiger partial charge is 0.349 e. The van der Waals surface area contributed by atoms with Crippen LogP contribution < -0.4 is 10.6 Å². The Morgan fingerprint density at radius 1 is 1.23 bits per heavy atom. The number of carbonyl (C=O) groups is 1. The van der Waals surface area contributed by atoms with Crippen molar-refractivity contribution >= 4 is 52.3 Å². The van der Waals surface area contributed by atoms with Crippen molar-refractivity contribution in [1.29, 1.82) is 0 Å². The molecule has 2 saturated heterocycles. The van der Waals surface area contributed by atoms with Crippen molar-refractivity contribution in [3.05, 3.63) is 29.3 Å². The van der Waals surface area contributed by atoms with E-state index in [2.05, 4.69) is 15.6 Å². The minimum atomic E-state index is 0. The average Bonchev–Trinajstić information content (AvgIpc) is 3.04. The summed E-state index contributed by atoms with van der Waals surface area (Å²) >= 11 is 1.57. The van der Waals surface area contributed by atoms with Crippen LogP contribution in [0.25, 0.3) is 10.2 Å². The molecule has 2 fully saturated rings. The van der Waals surface area contributed by atoms with Crippen LogP contribution in [0.15, 0.2) is 23.7 Å². The number of hydrogen-bond donors (Lipinski definition) is 2. The van der Waals surface area contributed by atoms with Gasteiger partial charge in [0.2, 0.25) is 0 Å². The topological polar surface area (TPSA) is 54.0 Å². The highest BCUT2D eigenvalue weighted by molar-refractivity contribution is 7.16. The Morgan fingerprint density at radius 2 is 1.95 bits per heavy atom. The van der Waals surface area contributed by atoms with Gasteiger partial charge in [0.1, 0.15) is 0 Å². The Hall–Kier alpha value is -0.880. The van der Waals surface area contributed by atoms with Crippen LogP contribution >= 0.6 is 36.2 Å². The van der Waals surface area contributed by atoms with Gasteiger partial charge in [0.05, 0.1) is 15.7 Å². The molecule has 1 aromatic heterocycles. The lowest BCUT2D eigenvalue weighted by Gasteiger charge is -2.29. The van der Waals surface area contributed by atoms with Crippen molar-refractivity contribution in [3.8, 4) is 0 Å². The summed E-state index contributed by atoms with van der Waals surface area (Å²) in [6.45, 7) is 0. The highest BCUT2D eigenvalue weighted by atomic mass is 35.5. The number of thiazole rings is 1. The highest BCUT2D eigenvalue weighted by Crippen LogP contribution is 2.27. The van der Waals surface area contributed by atoms with Gasteiger partial charge >= 0.3 is 0 Å². The van der Waals surface area contributed by atoms with Gasteiger partial charge in [-0.25, -0.2) is 4.98 Å². The number of aromatic nitrogens is 1. The van der Waals surface area contributed by atoms with E-state index >= 15 is 0 Å². The van der Waals surface area contributed by atoms with Gasteiger partial charge in [-0.15, -0.1) is 36.2 Å². The summed E-state index contributed by atoms with van der Waals surface area (Å²) in [5.74, 6) is 0.0478. The van der Waals surface area contributed by atoms with Crippen LogP contribution in [-0.2, 0) is 0 Å². The first-order valence-electron chi connectivity index (χ1n) is 7.18. The minimum absolute atomic E-state index is 0. The molecule has 2 aliphatic heterocycles. The fourth-order valence-electron chi connectivity index (χ4n) is 3.44. The Kier molecular flexibility index (Phi) is 5.66. The van der Waals surface area contributed by atoms with Crippen LogP contribution in [0.2, 0.25) is 0 Å². The summed E-state index contributed by atoms with van der Waals surface area (Å²) in [6, 6.07) is 7.25. The Labute approximate surface area is 145 Å². The minimum Gasteiger partial charge on any atom is -0.349 e. The molecule has 0 radical (unpaired) electrons. The molecule has 1 amide bonds. The number of amides is 1. The van der Waals surface area contributed by atoms with Crippen LogP contribution in [0.4, 0.5) is 0 Å². The zero-order chi connectivity index (χ0) is 13.5. The average molecular weight is 360 g/mol. The number of piperidine rings is 1. The third kappa shape index (κ3) is 3.38. The quantitative estimate of drug-likeness (QED) is 0.865. The second kappa shape index (κ2) is 7.13. The first-order chi connectivity index (χ1) is 9.78. The van der Waals surface area contributed by atoms with Gasteiger partial charge in [-0.2, -0.15) is 0 Å². The van der Waals surface area contributed by atoms with Crippen molar-refractivity contribution < 1.29 is 4.79 Å². The van der Waals surface area contributed by atoms with Crippen LogP contribution in [0.5, 0.6) is 0 Å². The molecule has 4 rings (SSSR count). The summed E-state index contributed by atoms with van der Waals surface area (Å²) in [5, 5.41) is 6.79. The molecule has 1 aromatic carbocycles. The van der Waals surface area contributed by atoms with Crippen molar-refractivity contribution in [2.45, 2.75) is 43.8 Å². The SMILES string of the molecule is Cl.Cl.O=C(NC1CC2CCC(C1)N2)c1ccc2ncsc2c1. The lowest BCUT2D eigenvalue weighted by molar-refractivity contribution is 0.0924. The lowest BCUT2D eigenvalue weighted by atomic mass is 9.99. The van der Waals surface area contributed by atoms with E-state index in [0.717, 1.165) is 28.6 Å². The number of fused-ring (bicyclic) bond motifs is 3. The molecular formula is C15H19Cl2N3OS. The Balaban J connectivity index is 0.000000882. The van der Waals surface area contributed by atoms with Gasteiger partial charge in [-0.3, -0.25) is 4.79 Å². The van der Waals surface area contributed by atoms with Crippen molar-refractivity contribution in [3.63, 3.8) is 0 Å². The van der Waals surface area contributed by atoms with Crippen molar-refractivity contribution in [2.24, 2.45) is 0 Å². The third-order valence-electron chi connectivity index (χ3n) is 4.40. The molecule has 0 spiro atoms. The molecule has 2 aliphatic rings. The molecule has 2 unspecified atom stereocenters. The molecule has 22 heavy (non-hydrogen) atoms. The molecule has 120 valence electrons. The number of hydrogen-bond acceptors (Lipinski definition) is 4. The Morgan fingerprint density at radius 3 is 2.68 bits per heavy atom. The highest BCUT2D eigenvalue weighted by Gasteiger charge is 2.34. The van der Waals surface area contributed by atoms with Gasteiger partial charge in [-0.1, -0.05) is 0 Å². The monoisotopic (exact) mass is 359 g/mol. The van der Waals surface area contributed by atoms with Crippen LogP contribution in [0, 0.1) is 0 Å². The summed E-state index contributed by atoms with van der Waals surface area (Å²) < 4.78 is 1.07. The molecule has 2 aromatic rings. The van der Waals surface area contributed by atoms with Crippen LogP contribution in [0.1, 0.15) is 36.0 Å². The first kappa shape index (κ1) is 17.5. The third-order valence-corrected chi connectivity index (χ3v) is 5.19. The molecule has 0 aliphatic carbocycles. The van der Waals surface area contributed by atoms with Gasteiger partial charge < -0.3 is 10.6 Å². The van der Waals surface area contributed by atoms with E-state index in [1.165, 1.54) is 12.8 Å². The van der Waals surface area contributed by atoms with E-state index in [1.807, 2.05) is 23.7 Å². The lowest BCUT2D eigenvalue weighted by Crippen LogP contribution is -2.48. The summed E-state index contributed by atoms with van der Waals surface area (Å²) in [6.07, 6.45) is 4.63. The number of rotatable bonds is 2. The number of nitrogens with one attached hydrogen (secondary N) is 2. The van der Waals surface area contributed by atoms with Gasteiger partial charge in [-0.05, 0) is 43.9 Å². The number of benzene rings is 1. The smallest absolute Gasteiger partial charge is 0.251 e. The maximum absolute atomic E-state index is 12.4. The molecule has 4 nitrogen and oxygen atoms in total. The first-order valence-corrected chi connectivity index (χ1v) is 8.06. The predicted octanol–water partition coefficient (Wildman–Crippen LogP) is 3.15. The van der Waals surface area contributed by atoms with E-state index in [1.54, 1.807) is 11.3 Å². The van der Waals surface area contributed by atoms with Gasteiger partial charge in [0.15, 0.2) is 0 Å². The number of nitrogens with zero attached hydrogens (tertiary/aromatic N) is 1. The number of halogens is 2. The molecule has 2 bridgehead atoms. The molecule has 7 heteroatoms. The standard InChI is InChI=1S/C15H17N3OS.2ClH/c19-15(9-1-4-13-14(5-9)20-8-16-13)18-12-6-10-2-3-11(7-12)17-10;;/h1,4-5,8,10-12,17H,2-3,6-7H2,(H,18,19);2*1H. The maximum atomic E-state index is 12.4. The fraction of sp³-hybridized carbons (Fsp3) is 0.467. The van der Waals surface area contributed by atoms with Crippen molar-refractivity contribution in [2.75, 3.05) is 0 Å². The normalized spacial score (nSPS) is 26.1. The maximum Gasteiger partial charge on any atom is 0.251 e. The van der Waals surface area contributed by atoms with E-state index in [-0.39, 0.29) is 30.7 Å². The van der Waals surface area contributed by atoms with Crippen molar-refractivity contribution in [1.82, 2.24) is 15.6 Å². The molecule has 3 heterocycles. The zero-order valence-corrected chi connectivity index (χ0v) is 14.4. The van der Waals surface area contributed by atoms with Crippen LogP contribution in [-0.4, -0.2) is 29.0 Å². The van der Waals surface area contributed by atoms with E-state index in [0.29, 0.717) is 18.1 Å². The molecular weight excluding hydrogens is 341 g/mol. The Bertz CT molecular complexity index is 651. The second-order valence-corrected chi connectivity index (χ2v) is 6.70. The van der Waals surface area contributed by atoms with E-state index < -0.39 is 0 Å². The molecule has 2 N–H and O–H groups in total. The predicted molar refractivity (Wildman–Crippen MR) is 94.5 cm³/mol. The summed E-state index contributed by atoms with van der Waals surface area (Å²) in [4.78, 5) is 16.6. The fourth-order valence-corrected chi connectivity index (χ4v) is 4.16. The van der Waals surface area contributed by atoms with Crippen LogP contribution in [0.3, 0.4) is 0 Å².